The van der Waals surface area contributed by atoms with Gasteiger partial charge in [-0.2, -0.15) is 0 Å². The number of rotatable bonds is 9. The minimum Gasteiger partial charge on any atom is -0.480 e. The average Bonchev–Trinajstić information content (AvgIpc) is 2.89. The normalized spacial score (nSPS) is 11.0. The van der Waals surface area contributed by atoms with Crippen LogP contribution in [0.3, 0.4) is 0 Å². The smallest absolute Gasteiger partial charge is 0.328 e. The number of nitrogens with two attached hydrogens (primary N) is 1. The SMILES string of the molecule is CC(C)(C)OC(=O)CN.O=C(O)/C=C/C=C/c1ccccc1.O=C(O)CNC(=O)/C=C/C=C/c1ccccc1. The Morgan fingerprint density at radius 3 is 1.62 bits per heavy atom. The maximum atomic E-state index is 11.1. The number of hydrogen-bond acceptors (Lipinski definition) is 6. The lowest BCUT2D eigenvalue weighted by atomic mass is 10.2. The van der Waals surface area contributed by atoms with Gasteiger partial charge in [-0.15, -0.1) is 0 Å². The second-order valence-electron chi connectivity index (χ2n) is 8.50. The highest BCUT2D eigenvalue weighted by Gasteiger charge is 2.14. The quantitative estimate of drug-likeness (QED) is 0.212. The van der Waals surface area contributed by atoms with Crippen LogP contribution in [0.4, 0.5) is 0 Å². The molecule has 2 aromatic rings. The van der Waals surface area contributed by atoms with Gasteiger partial charge in [0.15, 0.2) is 0 Å². The summed E-state index contributed by atoms with van der Waals surface area (Å²) in [5.41, 5.74) is 6.68. The number of carbonyl (C=O) groups excluding carboxylic acids is 2. The number of benzene rings is 2. The molecule has 1 amide bonds. The molecule has 0 spiro atoms. The van der Waals surface area contributed by atoms with E-state index >= 15 is 0 Å². The van der Waals surface area contributed by atoms with Gasteiger partial charge in [0.25, 0.3) is 0 Å². The summed E-state index contributed by atoms with van der Waals surface area (Å²) in [7, 11) is 0. The standard InChI is InChI=1S/C13H13NO3.C11H10O2.C6H13NO2/c15-12(14-10-13(16)17)9-5-4-8-11-6-2-1-3-7-11;12-11(13)9-5-4-8-10-6-2-1-3-7-10;1-6(2,3)9-5(8)4-7/h1-9H,10H2,(H,14,15)(H,16,17);1-9H,(H,12,13);4,7H2,1-3H3/b2*8-4+,9-5+;. The van der Waals surface area contributed by atoms with E-state index in [9.17, 15) is 19.2 Å². The molecule has 0 saturated carbocycles. The first-order valence-corrected chi connectivity index (χ1v) is 11.9. The van der Waals surface area contributed by atoms with Gasteiger partial charge < -0.3 is 26.0 Å². The topological polar surface area (TPSA) is 156 Å². The lowest BCUT2D eigenvalue weighted by Crippen LogP contribution is -2.28. The number of esters is 1. The van der Waals surface area contributed by atoms with Gasteiger partial charge in [0, 0.05) is 12.2 Å². The molecule has 5 N–H and O–H groups in total. The zero-order valence-electron chi connectivity index (χ0n) is 22.3. The predicted molar refractivity (Wildman–Crippen MR) is 152 cm³/mol. The molecule has 0 bridgehead atoms. The first-order valence-electron chi connectivity index (χ1n) is 11.9. The summed E-state index contributed by atoms with van der Waals surface area (Å²) in [6.45, 7) is 5.00. The fourth-order valence-electron chi connectivity index (χ4n) is 2.35. The average molecular weight is 537 g/mol. The molecule has 208 valence electrons. The summed E-state index contributed by atoms with van der Waals surface area (Å²) in [4.78, 5) is 41.8. The van der Waals surface area contributed by atoms with E-state index in [1.165, 1.54) is 12.2 Å². The van der Waals surface area contributed by atoms with Crippen molar-refractivity contribution in [3.63, 3.8) is 0 Å². The Bertz CT molecular complexity index is 1130. The Labute approximate surface area is 229 Å². The van der Waals surface area contributed by atoms with E-state index in [1.54, 1.807) is 39.0 Å². The number of amides is 1. The highest BCUT2D eigenvalue weighted by molar-refractivity contribution is 5.90. The van der Waals surface area contributed by atoms with E-state index in [0.29, 0.717) is 0 Å². The molecule has 0 aliphatic carbocycles. The third kappa shape index (κ3) is 23.4. The van der Waals surface area contributed by atoms with Crippen molar-refractivity contribution in [3.8, 4) is 0 Å². The number of carboxylic acid groups (broad SMARTS) is 2. The van der Waals surface area contributed by atoms with Crippen LogP contribution in [0, 0.1) is 0 Å². The van der Waals surface area contributed by atoms with E-state index in [0.717, 1.165) is 17.2 Å². The van der Waals surface area contributed by atoms with Crippen molar-refractivity contribution in [1.29, 1.82) is 0 Å². The number of carboxylic acids is 2. The zero-order valence-corrected chi connectivity index (χ0v) is 22.3. The maximum Gasteiger partial charge on any atom is 0.328 e. The Balaban J connectivity index is 0.000000585. The number of ether oxygens (including phenoxy) is 1. The van der Waals surface area contributed by atoms with Gasteiger partial charge in [-0.3, -0.25) is 14.4 Å². The van der Waals surface area contributed by atoms with Crippen molar-refractivity contribution in [3.05, 3.63) is 108 Å². The number of aliphatic carboxylic acids is 2. The molecule has 0 heterocycles. The van der Waals surface area contributed by atoms with Crippen LogP contribution < -0.4 is 11.1 Å². The third-order valence-electron chi connectivity index (χ3n) is 3.89. The fraction of sp³-hybridized carbons (Fsp3) is 0.200. The van der Waals surface area contributed by atoms with Gasteiger partial charge in [0.05, 0.1) is 6.54 Å². The molecule has 0 saturated heterocycles. The molecule has 9 heteroatoms. The largest absolute Gasteiger partial charge is 0.480 e. The minimum atomic E-state index is -1.06. The Hall–Kier alpha value is -4.76. The van der Waals surface area contributed by atoms with Gasteiger partial charge in [-0.05, 0) is 31.9 Å². The van der Waals surface area contributed by atoms with E-state index in [4.69, 9.17) is 20.7 Å². The summed E-state index contributed by atoms with van der Waals surface area (Å²) in [5, 5.41) is 18.8. The first kappa shape index (κ1) is 34.2. The number of allylic oxidation sites excluding steroid dienone is 4. The van der Waals surface area contributed by atoms with E-state index in [-0.39, 0.29) is 19.1 Å². The van der Waals surface area contributed by atoms with Gasteiger partial charge in [-0.1, -0.05) is 97.1 Å². The summed E-state index contributed by atoms with van der Waals surface area (Å²) in [6.07, 6.45) is 12.5. The van der Waals surface area contributed by atoms with Gasteiger partial charge in [-0.25, -0.2) is 4.79 Å². The molecular weight excluding hydrogens is 500 g/mol. The maximum absolute atomic E-state index is 11.1. The van der Waals surface area contributed by atoms with Crippen molar-refractivity contribution in [1.82, 2.24) is 5.32 Å². The van der Waals surface area contributed by atoms with Crippen molar-refractivity contribution in [2.75, 3.05) is 13.1 Å². The van der Waals surface area contributed by atoms with E-state index in [1.807, 2.05) is 72.8 Å². The van der Waals surface area contributed by atoms with Crippen molar-refractivity contribution < 1.29 is 34.1 Å². The molecule has 0 aliphatic heterocycles. The molecular formula is C30H36N2O7. The van der Waals surface area contributed by atoms with Crippen molar-refractivity contribution in [2.24, 2.45) is 5.73 Å². The molecule has 0 aromatic heterocycles. The molecule has 39 heavy (non-hydrogen) atoms. The number of hydrogen-bond donors (Lipinski definition) is 4. The summed E-state index contributed by atoms with van der Waals surface area (Å²) in [5.74, 6) is -2.78. The summed E-state index contributed by atoms with van der Waals surface area (Å²) in [6, 6.07) is 19.3. The second kappa shape index (κ2) is 20.3. The third-order valence-corrected chi connectivity index (χ3v) is 3.89. The highest BCUT2D eigenvalue weighted by Crippen LogP contribution is 2.05. The molecule has 0 radical (unpaired) electrons. The van der Waals surface area contributed by atoms with Crippen LogP contribution in [0.2, 0.25) is 0 Å². The Morgan fingerprint density at radius 2 is 1.26 bits per heavy atom. The Morgan fingerprint density at radius 1 is 0.795 bits per heavy atom. The Kier molecular flexibility index (Phi) is 17.8. The predicted octanol–water partition coefficient (Wildman–Crippen LogP) is 4.08. The summed E-state index contributed by atoms with van der Waals surface area (Å²) < 4.78 is 4.82. The molecule has 2 aromatic carbocycles. The van der Waals surface area contributed by atoms with Crippen LogP contribution in [0.1, 0.15) is 31.9 Å². The number of carbonyl (C=O) groups is 4. The van der Waals surface area contributed by atoms with Crippen LogP contribution in [0.15, 0.2) is 97.1 Å². The second-order valence-corrected chi connectivity index (χ2v) is 8.50. The highest BCUT2D eigenvalue weighted by atomic mass is 16.6. The summed E-state index contributed by atoms with van der Waals surface area (Å²) >= 11 is 0. The lowest BCUT2D eigenvalue weighted by Gasteiger charge is -2.18. The van der Waals surface area contributed by atoms with Crippen LogP contribution in [-0.2, 0) is 23.9 Å². The van der Waals surface area contributed by atoms with Crippen LogP contribution >= 0.6 is 0 Å². The van der Waals surface area contributed by atoms with Gasteiger partial charge >= 0.3 is 17.9 Å². The molecule has 0 aliphatic rings. The van der Waals surface area contributed by atoms with Crippen LogP contribution in [0.25, 0.3) is 12.2 Å². The molecule has 0 atom stereocenters. The van der Waals surface area contributed by atoms with Crippen LogP contribution in [0.5, 0.6) is 0 Å². The zero-order chi connectivity index (χ0) is 29.5. The molecule has 2 rings (SSSR count). The van der Waals surface area contributed by atoms with E-state index < -0.39 is 23.4 Å². The fourth-order valence-corrected chi connectivity index (χ4v) is 2.35. The monoisotopic (exact) mass is 536 g/mol. The van der Waals surface area contributed by atoms with E-state index in [2.05, 4.69) is 5.32 Å². The van der Waals surface area contributed by atoms with Gasteiger partial charge in [0.2, 0.25) is 5.91 Å². The first-order chi connectivity index (χ1) is 18.4. The van der Waals surface area contributed by atoms with Crippen LogP contribution in [-0.4, -0.2) is 52.7 Å². The lowest BCUT2D eigenvalue weighted by molar-refractivity contribution is -0.153. The number of nitrogens with one attached hydrogen (secondary N) is 1. The molecule has 0 fully saturated rings. The minimum absolute atomic E-state index is 0.0444. The molecule has 0 unspecified atom stereocenters. The van der Waals surface area contributed by atoms with Crippen molar-refractivity contribution >= 4 is 36.0 Å². The van der Waals surface area contributed by atoms with Gasteiger partial charge in [0.1, 0.15) is 12.1 Å². The molecule has 9 nitrogen and oxygen atoms in total. The van der Waals surface area contributed by atoms with Crippen molar-refractivity contribution in [2.45, 2.75) is 26.4 Å².